The molecule has 202 valence electrons. The summed E-state index contributed by atoms with van der Waals surface area (Å²) in [6.45, 7) is 8.85. The van der Waals surface area contributed by atoms with Gasteiger partial charge < -0.3 is 19.3 Å². The van der Waals surface area contributed by atoms with Crippen molar-refractivity contribution in [1.29, 1.82) is 0 Å². The summed E-state index contributed by atoms with van der Waals surface area (Å²) in [5.74, 6) is 1.44. The number of carbonyl (C=O) groups is 2. The number of carbonyl (C=O) groups excluding carboxylic acids is 2. The number of piperidine rings is 1. The van der Waals surface area contributed by atoms with E-state index in [1.807, 2.05) is 43.9 Å². The number of aromatic nitrogens is 2. The highest BCUT2D eigenvalue weighted by molar-refractivity contribution is 6.33. The molecule has 0 unspecified atom stereocenters. The second-order valence-electron chi connectivity index (χ2n) is 11.1. The van der Waals surface area contributed by atoms with Crippen LogP contribution in [0.25, 0.3) is 22.4 Å². The molecule has 8 nitrogen and oxygen atoms in total. The van der Waals surface area contributed by atoms with E-state index in [-0.39, 0.29) is 5.92 Å². The highest BCUT2D eigenvalue weighted by Crippen LogP contribution is 2.36. The van der Waals surface area contributed by atoms with Gasteiger partial charge >= 0.3 is 6.09 Å². The van der Waals surface area contributed by atoms with Gasteiger partial charge in [0.15, 0.2) is 5.82 Å². The molecule has 5 rings (SSSR count). The van der Waals surface area contributed by atoms with Crippen LogP contribution in [-0.4, -0.2) is 65.3 Å². The molecular weight excluding hydrogens is 504 g/mol. The van der Waals surface area contributed by atoms with Crippen LogP contribution >= 0.6 is 11.6 Å². The fourth-order valence-electron chi connectivity index (χ4n) is 5.32. The van der Waals surface area contributed by atoms with Crippen LogP contribution < -0.4 is 9.64 Å². The van der Waals surface area contributed by atoms with E-state index in [0.29, 0.717) is 39.1 Å². The van der Waals surface area contributed by atoms with E-state index >= 15 is 0 Å². The van der Waals surface area contributed by atoms with Crippen molar-refractivity contribution in [3.8, 4) is 17.1 Å². The molecule has 9 heteroatoms. The van der Waals surface area contributed by atoms with Crippen LogP contribution in [0.1, 0.15) is 46.5 Å². The monoisotopic (exact) mass is 538 g/mol. The van der Waals surface area contributed by atoms with Crippen LogP contribution in [0.3, 0.4) is 0 Å². The van der Waals surface area contributed by atoms with Crippen molar-refractivity contribution in [1.82, 2.24) is 14.5 Å². The zero-order valence-corrected chi connectivity index (χ0v) is 23.3. The quantitative estimate of drug-likeness (QED) is 0.406. The molecule has 1 amide bonds. The molecule has 0 spiro atoms. The normalized spacial score (nSPS) is 16.8. The van der Waals surface area contributed by atoms with Crippen LogP contribution in [0.5, 0.6) is 5.75 Å². The third-order valence-corrected chi connectivity index (χ3v) is 7.59. The molecule has 2 saturated heterocycles. The Balaban J connectivity index is 1.46. The molecule has 3 heterocycles. The van der Waals surface area contributed by atoms with E-state index in [0.717, 1.165) is 57.5 Å². The SMILES string of the molecule is COc1ccc2c(c1)nc(-c1cc(N3CCC(C(=O)N4CCCC4)CC3)ccc1Cl)n2C(=O)OC(C)(C)C. The van der Waals surface area contributed by atoms with Crippen LogP contribution in [0.4, 0.5) is 10.5 Å². The van der Waals surface area contributed by atoms with Gasteiger partial charge in [-0.25, -0.2) is 14.3 Å². The molecule has 2 aromatic carbocycles. The first-order valence-electron chi connectivity index (χ1n) is 13.3. The third-order valence-electron chi connectivity index (χ3n) is 7.26. The first kappa shape index (κ1) is 26.4. The van der Waals surface area contributed by atoms with Gasteiger partial charge in [0.2, 0.25) is 5.91 Å². The van der Waals surface area contributed by atoms with Gasteiger partial charge in [-0.2, -0.15) is 0 Å². The number of fused-ring (bicyclic) bond motifs is 1. The molecule has 0 saturated carbocycles. The first-order valence-corrected chi connectivity index (χ1v) is 13.7. The van der Waals surface area contributed by atoms with E-state index in [9.17, 15) is 9.59 Å². The number of nitrogens with zero attached hydrogens (tertiary/aromatic N) is 4. The maximum absolute atomic E-state index is 13.4. The Morgan fingerprint density at radius 3 is 2.37 bits per heavy atom. The zero-order valence-electron chi connectivity index (χ0n) is 22.5. The topological polar surface area (TPSA) is 76.9 Å². The average Bonchev–Trinajstić information content (AvgIpc) is 3.55. The Hall–Kier alpha value is -3.26. The summed E-state index contributed by atoms with van der Waals surface area (Å²) in [4.78, 5) is 35.4. The van der Waals surface area contributed by atoms with Gasteiger partial charge in [-0.05, 0) is 76.8 Å². The second-order valence-corrected chi connectivity index (χ2v) is 11.5. The Bertz CT molecular complexity index is 1350. The summed E-state index contributed by atoms with van der Waals surface area (Å²) in [6, 6.07) is 11.2. The van der Waals surface area contributed by atoms with E-state index in [4.69, 9.17) is 26.1 Å². The molecule has 0 atom stereocenters. The summed E-state index contributed by atoms with van der Waals surface area (Å²) in [6.07, 6.45) is 3.34. The van der Waals surface area contributed by atoms with E-state index in [2.05, 4.69) is 4.90 Å². The Labute approximate surface area is 228 Å². The minimum atomic E-state index is -0.681. The number of amides is 1. The minimum Gasteiger partial charge on any atom is -0.497 e. The van der Waals surface area contributed by atoms with Gasteiger partial charge in [-0.1, -0.05) is 11.6 Å². The largest absolute Gasteiger partial charge is 0.497 e. The van der Waals surface area contributed by atoms with Gasteiger partial charge in [0.25, 0.3) is 0 Å². The van der Waals surface area contributed by atoms with Gasteiger partial charge in [-0.3, -0.25) is 4.79 Å². The van der Waals surface area contributed by atoms with E-state index in [1.165, 1.54) is 4.57 Å². The molecule has 0 N–H and O–H groups in total. The Morgan fingerprint density at radius 2 is 1.71 bits per heavy atom. The average molecular weight is 539 g/mol. The molecule has 38 heavy (non-hydrogen) atoms. The smallest absolute Gasteiger partial charge is 0.420 e. The second kappa shape index (κ2) is 10.5. The van der Waals surface area contributed by atoms with Crippen LogP contribution in [-0.2, 0) is 9.53 Å². The third kappa shape index (κ3) is 5.32. The summed E-state index contributed by atoms with van der Waals surface area (Å²) >= 11 is 6.70. The highest BCUT2D eigenvalue weighted by Gasteiger charge is 2.31. The molecule has 0 bridgehead atoms. The number of hydrogen-bond acceptors (Lipinski definition) is 6. The maximum Gasteiger partial charge on any atom is 0.420 e. The van der Waals surface area contributed by atoms with Gasteiger partial charge in [0.05, 0.1) is 23.2 Å². The van der Waals surface area contributed by atoms with Crippen LogP contribution in [0.15, 0.2) is 36.4 Å². The predicted molar refractivity (Wildman–Crippen MR) is 149 cm³/mol. The van der Waals surface area contributed by atoms with Crippen molar-refractivity contribution >= 4 is 40.3 Å². The molecule has 0 radical (unpaired) electrons. The van der Waals surface area contributed by atoms with Gasteiger partial charge in [-0.15, -0.1) is 0 Å². The van der Waals surface area contributed by atoms with Gasteiger partial charge in [0, 0.05) is 49.4 Å². The van der Waals surface area contributed by atoms with Crippen LogP contribution in [0, 0.1) is 5.92 Å². The van der Waals surface area contributed by atoms with E-state index < -0.39 is 11.7 Å². The molecular formula is C29H35ClN4O4. The number of ether oxygens (including phenoxy) is 2. The van der Waals surface area contributed by atoms with Gasteiger partial charge in [0.1, 0.15) is 11.4 Å². The maximum atomic E-state index is 13.4. The summed E-state index contributed by atoms with van der Waals surface area (Å²) < 4.78 is 12.6. The molecule has 2 fully saturated rings. The van der Waals surface area contributed by atoms with Crippen molar-refractivity contribution in [3.63, 3.8) is 0 Å². The summed E-state index contributed by atoms with van der Waals surface area (Å²) in [5, 5.41) is 0.486. The van der Waals surface area contributed by atoms with Crippen molar-refractivity contribution in [2.45, 2.75) is 52.1 Å². The number of hydrogen-bond donors (Lipinski definition) is 0. The van der Waals surface area contributed by atoms with Crippen molar-refractivity contribution in [2.24, 2.45) is 5.92 Å². The Morgan fingerprint density at radius 1 is 1.00 bits per heavy atom. The Kier molecular flexibility index (Phi) is 7.27. The summed E-state index contributed by atoms with van der Waals surface area (Å²) in [7, 11) is 1.59. The molecule has 3 aromatic rings. The number of halogens is 1. The van der Waals surface area contributed by atoms with Crippen molar-refractivity contribution < 1.29 is 19.1 Å². The summed E-state index contributed by atoms with van der Waals surface area (Å²) in [5.41, 5.74) is 2.16. The highest BCUT2D eigenvalue weighted by atomic mass is 35.5. The molecule has 1 aromatic heterocycles. The number of likely N-dealkylation sites (tertiary alicyclic amines) is 1. The fraction of sp³-hybridized carbons (Fsp3) is 0.483. The lowest BCUT2D eigenvalue weighted by Gasteiger charge is -2.34. The standard InChI is InChI=1S/C29H35ClN4O4/c1-29(2,3)38-28(36)34-25-10-8-21(37-4)18-24(25)31-26(34)22-17-20(7-9-23(22)30)32-15-11-19(12-16-32)27(35)33-13-5-6-14-33/h7-10,17-19H,5-6,11-16H2,1-4H3. The lowest BCUT2D eigenvalue weighted by molar-refractivity contribution is -0.135. The number of anilines is 1. The lowest BCUT2D eigenvalue weighted by Crippen LogP contribution is -2.41. The van der Waals surface area contributed by atoms with Crippen molar-refractivity contribution in [2.75, 3.05) is 38.2 Å². The number of rotatable bonds is 4. The fourth-order valence-corrected chi connectivity index (χ4v) is 5.52. The van der Waals surface area contributed by atoms with Crippen molar-refractivity contribution in [3.05, 3.63) is 41.4 Å². The number of methoxy groups -OCH3 is 1. The minimum absolute atomic E-state index is 0.0856. The first-order chi connectivity index (χ1) is 18.1. The zero-order chi connectivity index (χ0) is 27.0. The molecule has 2 aliphatic heterocycles. The molecule has 0 aliphatic carbocycles. The lowest BCUT2D eigenvalue weighted by atomic mass is 9.95. The number of benzene rings is 2. The van der Waals surface area contributed by atoms with Crippen LogP contribution in [0.2, 0.25) is 5.02 Å². The molecule has 2 aliphatic rings. The number of imidazole rings is 1. The van der Waals surface area contributed by atoms with E-state index in [1.54, 1.807) is 25.3 Å². The predicted octanol–water partition coefficient (Wildman–Crippen LogP) is 5.99.